The zero-order valence-corrected chi connectivity index (χ0v) is 13.5. The van der Waals surface area contributed by atoms with Crippen molar-refractivity contribution in [3.63, 3.8) is 0 Å². The number of nitrogens with two attached hydrogens (primary N) is 1. The molecule has 0 aliphatic rings. The van der Waals surface area contributed by atoms with Crippen molar-refractivity contribution >= 4 is 21.7 Å². The molecule has 0 amide bonds. The molecule has 5 heteroatoms. The number of benzene rings is 2. The second kappa shape index (κ2) is 6.19. The van der Waals surface area contributed by atoms with Crippen LogP contribution >= 0.6 is 15.9 Å². The van der Waals surface area contributed by atoms with Crippen LogP contribution in [0.3, 0.4) is 0 Å². The highest BCUT2D eigenvalue weighted by atomic mass is 79.9. The maximum absolute atomic E-state index is 14.0. The quantitative estimate of drug-likeness (QED) is 0.709. The van der Waals surface area contributed by atoms with Crippen LogP contribution in [0, 0.1) is 17.1 Å². The number of nitrogens with zero attached hydrogens (tertiary/aromatic N) is 2. The smallest absolute Gasteiger partial charge is 0.142 e. The van der Waals surface area contributed by atoms with E-state index in [9.17, 15) is 9.65 Å². The zero-order valence-electron chi connectivity index (χ0n) is 11.9. The monoisotopic (exact) mass is 367 g/mol. The van der Waals surface area contributed by atoms with Gasteiger partial charge in [0.15, 0.2) is 0 Å². The van der Waals surface area contributed by atoms with Crippen molar-refractivity contribution in [2.75, 3.05) is 5.73 Å². The SMILES string of the molecule is N#Cc1c(-c2cccc(Br)c2)cc(-c2ccccc2F)nc1N. The lowest BCUT2D eigenvalue weighted by Crippen LogP contribution is -2.00. The minimum atomic E-state index is -0.385. The molecule has 3 rings (SSSR count). The van der Waals surface area contributed by atoms with Crippen molar-refractivity contribution in [1.82, 2.24) is 4.98 Å². The number of hydrogen-bond donors (Lipinski definition) is 1. The molecule has 0 aliphatic carbocycles. The van der Waals surface area contributed by atoms with Gasteiger partial charge in [0, 0.05) is 15.6 Å². The molecule has 2 N–H and O–H groups in total. The summed E-state index contributed by atoms with van der Waals surface area (Å²) in [7, 11) is 0. The van der Waals surface area contributed by atoms with Crippen molar-refractivity contribution in [2.45, 2.75) is 0 Å². The first kappa shape index (κ1) is 15.2. The van der Waals surface area contributed by atoms with Crippen LogP contribution in [0.5, 0.6) is 0 Å². The minimum Gasteiger partial charge on any atom is -0.383 e. The minimum absolute atomic E-state index is 0.0863. The molecular formula is C18H11BrFN3. The predicted molar refractivity (Wildman–Crippen MR) is 91.9 cm³/mol. The van der Waals surface area contributed by atoms with E-state index < -0.39 is 0 Å². The summed E-state index contributed by atoms with van der Waals surface area (Å²) in [5.41, 5.74) is 8.39. The second-order valence-electron chi connectivity index (χ2n) is 4.92. The van der Waals surface area contributed by atoms with Crippen molar-refractivity contribution in [1.29, 1.82) is 5.26 Å². The highest BCUT2D eigenvalue weighted by Gasteiger charge is 2.15. The average molecular weight is 368 g/mol. The molecule has 0 bridgehead atoms. The summed E-state index contributed by atoms with van der Waals surface area (Å²) in [6.07, 6.45) is 0. The Hall–Kier alpha value is -2.71. The highest BCUT2D eigenvalue weighted by molar-refractivity contribution is 9.10. The fraction of sp³-hybridized carbons (Fsp3) is 0. The Balaban J connectivity index is 2.27. The molecule has 3 aromatic rings. The van der Waals surface area contributed by atoms with E-state index in [1.54, 1.807) is 24.3 Å². The Morgan fingerprint density at radius 1 is 1.04 bits per heavy atom. The third-order valence-electron chi connectivity index (χ3n) is 3.44. The number of hydrogen-bond acceptors (Lipinski definition) is 3. The molecule has 23 heavy (non-hydrogen) atoms. The van der Waals surface area contributed by atoms with Crippen molar-refractivity contribution in [2.24, 2.45) is 0 Å². The van der Waals surface area contributed by atoms with Crippen molar-refractivity contribution < 1.29 is 4.39 Å². The third-order valence-corrected chi connectivity index (χ3v) is 3.94. The van der Waals surface area contributed by atoms with Crippen molar-refractivity contribution in [3.8, 4) is 28.5 Å². The number of nitrogen functional groups attached to an aromatic ring is 1. The predicted octanol–water partition coefficient (Wildman–Crippen LogP) is 4.77. The molecule has 0 saturated heterocycles. The fourth-order valence-corrected chi connectivity index (χ4v) is 2.77. The number of halogens is 2. The molecule has 1 aromatic heterocycles. The third kappa shape index (κ3) is 2.94. The van der Waals surface area contributed by atoms with E-state index in [1.165, 1.54) is 6.07 Å². The first-order valence-electron chi connectivity index (χ1n) is 6.81. The van der Waals surface area contributed by atoms with E-state index in [0.717, 1.165) is 10.0 Å². The Morgan fingerprint density at radius 2 is 1.83 bits per heavy atom. The van der Waals surface area contributed by atoms with Crippen LogP contribution in [0.1, 0.15) is 5.56 Å². The van der Waals surface area contributed by atoms with Crippen LogP contribution in [0.25, 0.3) is 22.4 Å². The first-order valence-corrected chi connectivity index (χ1v) is 7.61. The van der Waals surface area contributed by atoms with Gasteiger partial charge in [0.2, 0.25) is 0 Å². The normalized spacial score (nSPS) is 10.3. The molecule has 0 saturated carbocycles. The van der Waals surface area contributed by atoms with Crippen LogP contribution < -0.4 is 5.73 Å². The topological polar surface area (TPSA) is 62.7 Å². The molecule has 3 nitrogen and oxygen atoms in total. The molecule has 2 aromatic carbocycles. The number of rotatable bonds is 2. The Kier molecular flexibility index (Phi) is 4.09. The van der Waals surface area contributed by atoms with Gasteiger partial charge in [-0.3, -0.25) is 0 Å². The van der Waals surface area contributed by atoms with E-state index in [4.69, 9.17) is 5.73 Å². The fourth-order valence-electron chi connectivity index (χ4n) is 2.37. The van der Waals surface area contributed by atoms with Gasteiger partial charge in [-0.05, 0) is 35.9 Å². The maximum atomic E-state index is 14.0. The zero-order chi connectivity index (χ0) is 16.4. The Bertz CT molecular complexity index is 932. The summed E-state index contributed by atoms with van der Waals surface area (Å²) < 4.78 is 14.9. The summed E-state index contributed by atoms with van der Waals surface area (Å²) in [4.78, 5) is 4.19. The van der Waals surface area contributed by atoms with E-state index in [2.05, 4.69) is 27.0 Å². The first-order chi connectivity index (χ1) is 11.1. The Labute approximate surface area is 141 Å². The molecule has 112 valence electrons. The lowest BCUT2D eigenvalue weighted by Gasteiger charge is -2.11. The molecule has 0 spiro atoms. The van der Waals surface area contributed by atoms with Crippen LogP contribution in [-0.4, -0.2) is 4.98 Å². The number of pyridine rings is 1. The number of anilines is 1. The number of aromatic nitrogens is 1. The average Bonchev–Trinajstić information content (AvgIpc) is 2.54. The van der Waals surface area contributed by atoms with Gasteiger partial charge in [-0.15, -0.1) is 0 Å². The molecule has 0 unspecified atom stereocenters. The van der Waals surface area contributed by atoms with E-state index in [-0.39, 0.29) is 17.2 Å². The lowest BCUT2D eigenvalue weighted by molar-refractivity contribution is 0.631. The van der Waals surface area contributed by atoms with Gasteiger partial charge in [0.25, 0.3) is 0 Å². The van der Waals surface area contributed by atoms with E-state index in [1.807, 2.05) is 24.3 Å². The number of nitriles is 1. The Morgan fingerprint density at radius 3 is 2.52 bits per heavy atom. The van der Waals surface area contributed by atoms with E-state index in [0.29, 0.717) is 16.8 Å². The molecular weight excluding hydrogens is 357 g/mol. The van der Waals surface area contributed by atoms with Crippen LogP contribution in [0.2, 0.25) is 0 Å². The summed E-state index contributed by atoms with van der Waals surface area (Å²) in [6.45, 7) is 0. The van der Waals surface area contributed by atoms with Gasteiger partial charge < -0.3 is 5.73 Å². The molecule has 0 radical (unpaired) electrons. The van der Waals surface area contributed by atoms with Gasteiger partial charge in [0.05, 0.1) is 5.69 Å². The van der Waals surface area contributed by atoms with Gasteiger partial charge in [0.1, 0.15) is 23.3 Å². The van der Waals surface area contributed by atoms with Gasteiger partial charge >= 0.3 is 0 Å². The van der Waals surface area contributed by atoms with Gasteiger partial charge in [-0.1, -0.05) is 40.2 Å². The lowest BCUT2D eigenvalue weighted by atomic mass is 9.98. The van der Waals surface area contributed by atoms with Gasteiger partial charge in [-0.25, -0.2) is 9.37 Å². The summed E-state index contributed by atoms with van der Waals surface area (Å²) in [5, 5.41) is 9.39. The van der Waals surface area contributed by atoms with E-state index >= 15 is 0 Å². The molecule has 0 fully saturated rings. The highest BCUT2D eigenvalue weighted by Crippen LogP contribution is 2.33. The van der Waals surface area contributed by atoms with Crippen LogP contribution in [-0.2, 0) is 0 Å². The summed E-state index contributed by atoms with van der Waals surface area (Å²) in [6, 6.07) is 17.6. The summed E-state index contributed by atoms with van der Waals surface area (Å²) >= 11 is 3.41. The molecule has 0 atom stereocenters. The summed E-state index contributed by atoms with van der Waals surface area (Å²) in [5.74, 6) is -0.299. The second-order valence-corrected chi connectivity index (χ2v) is 5.83. The largest absolute Gasteiger partial charge is 0.383 e. The maximum Gasteiger partial charge on any atom is 0.142 e. The van der Waals surface area contributed by atoms with Crippen LogP contribution in [0.4, 0.5) is 10.2 Å². The standard InChI is InChI=1S/C18H11BrFN3/c19-12-5-3-4-11(8-12)14-9-17(23-18(22)15(14)10-21)13-6-1-2-7-16(13)20/h1-9H,(H2,22,23). The molecule has 0 aliphatic heterocycles. The van der Waals surface area contributed by atoms with Crippen LogP contribution in [0.15, 0.2) is 59.1 Å². The molecule has 1 heterocycles. The van der Waals surface area contributed by atoms with Crippen molar-refractivity contribution in [3.05, 3.63) is 70.5 Å². The van der Waals surface area contributed by atoms with Gasteiger partial charge in [-0.2, -0.15) is 5.26 Å².